The number of nitrogens with zero attached hydrogens (tertiary/aromatic N) is 6. The fraction of sp³-hybridized carbons (Fsp3) is 0.0123. The minimum Gasteiger partial charge on any atom is -0.309 e. The van der Waals surface area contributed by atoms with E-state index in [2.05, 4.69) is 0 Å². The van der Waals surface area contributed by atoms with Crippen LogP contribution in [0.4, 0.5) is 22.0 Å². The van der Waals surface area contributed by atoms with Gasteiger partial charge in [-0.05, 0) is 127 Å². The maximum absolute atomic E-state index is 17.4. The largest absolute Gasteiger partial charge is 0.420 e. The maximum atomic E-state index is 17.4. The second-order valence-corrected chi connectivity index (χ2v) is 22.7. The van der Waals surface area contributed by atoms with Crippen molar-refractivity contribution in [3.8, 4) is 113 Å². The van der Waals surface area contributed by atoms with E-state index in [1.807, 2.05) is 243 Å². The van der Waals surface area contributed by atoms with Gasteiger partial charge in [-0.1, -0.05) is 176 Å². The average Bonchev–Trinajstić information content (AvgIpc) is 1.54. The van der Waals surface area contributed by atoms with Gasteiger partial charge in [0.15, 0.2) is 0 Å². The summed E-state index contributed by atoms with van der Waals surface area (Å²) in [6.45, 7) is 0. The normalized spacial score (nSPS) is 11.8. The predicted octanol–water partition coefficient (Wildman–Crippen LogP) is 21.8. The highest BCUT2D eigenvalue weighted by molar-refractivity contribution is 6.14. The number of hydrogen-bond donors (Lipinski definition) is 0. The Morgan fingerprint density at radius 2 is 0.489 bits per heavy atom. The number of aromatic nitrogens is 6. The van der Waals surface area contributed by atoms with Gasteiger partial charge in [0.1, 0.15) is 17.2 Å². The number of halogens is 5. The summed E-state index contributed by atoms with van der Waals surface area (Å²) in [6.07, 6.45) is -5.10. The molecule has 0 fully saturated rings. The van der Waals surface area contributed by atoms with E-state index in [4.69, 9.17) is 19.9 Å². The molecular formula is C81H49F5N6. The molecule has 0 N–H and O–H groups in total. The Balaban J connectivity index is 0.976. The molecule has 11 heteroatoms. The van der Waals surface area contributed by atoms with Crippen molar-refractivity contribution in [2.75, 3.05) is 0 Å². The van der Waals surface area contributed by atoms with Crippen LogP contribution in [0.3, 0.4) is 0 Å². The summed E-state index contributed by atoms with van der Waals surface area (Å²) in [4.78, 5) is 20.4. The lowest BCUT2D eigenvalue weighted by atomic mass is 9.98. The van der Waals surface area contributed by atoms with Crippen LogP contribution in [0, 0.1) is 11.6 Å². The molecule has 0 bridgehead atoms. The van der Waals surface area contributed by atoms with E-state index in [-0.39, 0.29) is 16.9 Å². The summed E-state index contributed by atoms with van der Waals surface area (Å²) < 4.78 is 88.9. The Hall–Kier alpha value is -12.0. The lowest BCUT2D eigenvalue weighted by Gasteiger charge is -2.23. The zero-order valence-electron chi connectivity index (χ0n) is 48.9. The third-order valence-corrected chi connectivity index (χ3v) is 17.1. The molecule has 0 amide bonds. The van der Waals surface area contributed by atoms with Crippen LogP contribution in [0.5, 0.6) is 0 Å². The van der Waals surface area contributed by atoms with Gasteiger partial charge >= 0.3 is 6.18 Å². The zero-order valence-corrected chi connectivity index (χ0v) is 48.9. The van der Waals surface area contributed by atoms with E-state index in [1.165, 1.54) is 18.2 Å². The molecule has 10 aromatic carbocycles. The minimum atomic E-state index is -5.10. The van der Waals surface area contributed by atoms with Crippen molar-refractivity contribution in [3.05, 3.63) is 314 Å². The molecule has 92 heavy (non-hydrogen) atoms. The van der Waals surface area contributed by atoms with E-state index in [1.54, 1.807) is 33.4 Å². The van der Waals surface area contributed by atoms with Crippen LogP contribution >= 0.6 is 0 Å². The van der Waals surface area contributed by atoms with Gasteiger partial charge in [-0.25, -0.2) is 28.7 Å². The van der Waals surface area contributed by atoms with Crippen LogP contribution in [0.2, 0.25) is 0 Å². The van der Waals surface area contributed by atoms with Crippen LogP contribution < -0.4 is 0 Å². The standard InChI is InChI=1S/C81H49F5N6/c82-63-26-13-27-64(83)79(63)58-48-77(91-73-40-36-54(69-32-14-28-65(87-69)50-18-5-1-6-19-50)44-59(73)60-45-55(37-41-74(60)91)70-33-15-29-66(88-70)51-20-7-2-8-21-51)80(81(84,85)86)78(49-58)92-75-42-38-56(71-34-16-30-67(89-71)52-22-9-3-10-23-52)46-61(75)62-47-57(39-43-76(62)92)72-35-17-31-68(90-72)53-24-11-4-12-25-53/h1-49H. The second-order valence-electron chi connectivity index (χ2n) is 22.7. The Morgan fingerprint density at radius 1 is 0.239 bits per heavy atom. The molecular weight excluding hydrogens is 1150 g/mol. The molecule has 0 unspecified atom stereocenters. The molecule has 16 aromatic rings. The third-order valence-electron chi connectivity index (χ3n) is 17.1. The summed E-state index contributed by atoms with van der Waals surface area (Å²) in [5.41, 5.74) is 11.4. The monoisotopic (exact) mass is 1200 g/mol. The van der Waals surface area contributed by atoms with Crippen molar-refractivity contribution in [2.45, 2.75) is 6.18 Å². The van der Waals surface area contributed by atoms with Gasteiger partial charge in [0.05, 0.1) is 84.6 Å². The Kier molecular flexibility index (Phi) is 13.6. The summed E-state index contributed by atoms with van der Waals surface area (Å²) in [5, 5.41) is 2.42. The lowest BCUT2D eigenvalue weighted by Crippen LogP contribution is -2.16. The van der Waals surface area contributed by atoms with E-state index in [0.29, 0.717) is 66.4 Å². The van der Waals surface area contributed by atoms with Gasteiger partial charge in [0.25, 0.3) is 0 Å². The number of alkyl halides is 3. The zero-order chi connectivity index (χ0) is 62.0. The maximum Gasteiger partial charge on any atom is 0.420 e. The number of benzene rings is 10. The van der Waals surface area contributed by atoms with E-state index in [0.717, 1.165) is 79.4 Å². The predicted molar refractivity (Wildman–Crippen MR) is 360 cm³/mol. The molecule has 0 aliphatic rings. The van der Waals surface area contributed by atoms with Crippen molar-refractivity contribution in [1.29, 1.82) is 0 Å². The highest BCUT2D eigenvalue weighted by atomic mass is 19.4. The summed E-state index contributed by atoms with van der Waals surface area (Å²) in [5.74, 6) is -1.89. The average molecular weight is 1200 g/mol. The first-order valence-corrected chi connectivity index (χ1v) is 30.0. The molecule has 0 spiro atoms. The van der Waals surface area contributed by atoms with Gasteiger partial charge in [-0.3, -0.25) is 0 Å². The number of fused-ring (bicyclic) bond motifs is 6. The summed E-state index contributed by atoms with van der Waals surface area (Å²) >= 11 is 0. The van der Waals surface area contributed by atoms with Crippen molar-refractivity contribution < 1.29 is 22.0 Å². The fourth-order valence-corrected chi connectivity index (χ4v) is 12.8. The Morgan fingerprint density at radius 3 is 0.750 bits per heavy atom. The van der Waals surface area contributed by atoms with Crippen molar-refractivity contribution in [2.24, 2.45) is 0 Å². The first-order chi connectivity index (χ1) is 45.1. The van der Waals surface area contributed by atoms with Crippen LogP contribution in [-0.4, -0.2) is 29.1 Å². The number of pyridine rings is 4. The molecule has 438 valence electrons. The Labute approximate surface area is 525 Å². The number of hydrogen-bond acceptors (Lipinski definition) is 4. The van der Waals surface area contributed by atoms with Gasteiger partial charge in [-0.2, -0.15) is 13.2 Å². The van der Waals surface area contributed by atoms with Gasteiger partial charge in [0, 0.05) is 66.1 Å². The second kappa shape index (κ2) is 22.6. The number of rotatable bonds is 11. The van der Waals surface area contributed by atoms with Gasteiger partial charge in [-0.15, -0.1) is 0 Å². The molecule has 0 saturated heterocycles. The molecule has 0 saturated carbocycles. The topological polar surface area (TPSA) is 61.4 Å². The van der Waals surface area contributed by atoms with E-state index < -0.39 is 28.9 Å². The first-order valence-electron chi connectivity index (χ1n) is 30.0. The Bertz CT molecular complexity index is 4920. The van der Waals surface area contributed by atoms with Crippen LogP contribution in [-0.2, 0) is 6.18 Å². The highest BCUT2D eigenvalue weighted by Crippen LogP contribution is 2.48. The molecule has 0 atom stereocenters. The molecule has 6 heterocycles. The van der Waals surface area contributed by atoms with Crippen LogP contribution in [0.1, 0.15) is 5.56 Å². The molecule has 0 aliphatic carbocycles. The van der Waals surface area contributed by atoms with Crippen molar-refractivity contribution in [1.82, 2.24) is 29.1 Å². The fourth-order valence-electron chi connectivity index (χ4n) is 12.8. The lowest BCUT2D eigenvalue weighted by molar-refractivity contribution is -0.137. The van der Waals surface area contributed by atoms with Crippen molar-refractivity contribution in [3.63, 3.8) is 0 Å². The quantitative estimate of drug-likeness (QED) is 0.121. The molecule has 0 aliphatic heterocycles. The smallest absolute Gasteiger partial charge is 0.309 e. The molecule has 0 radical (unpaired) electrons. The third kappa shape index (κ3) is 9.93. The minimum absolute atomic E-state index is 0.113. The molecule has 6 aromatic heterocycles. The van der Waals surface area contributed by atoms with Gasteiger partial charge < -0.3 is 9.13 Å². The van der Waals surface area contributed by atoms with Crippen LogP contribution in [0.25, 0.3) is 156 Å². The van der Waals surface area contributed by atoms with Gasteiger partial charge in [0.2, 0.25) is 0 Å². The summed E-state index contributed by atoms with van der Waals surface area (Å²) in [7, 11) is 0. The summed E-state index contributed by atoms with van der Waals surface area (Å²) in [6, 6.07) is 90.8. The van der Waals surface area contributed by atoms with E-state index in [9.17, 15) is 0 Å². The highest BCUT2D eigenvalue weighted by Gasteiger charge is 2.40. The van der Waals surface area contributed by atoms with Crippen LogP contribution in [0.15, 0.2) is 297 Å². The first kappa shape index (κ1) is 55.4. The molecule has 16 rings (SSSR count). The molecule has 6 nitrogen and oxygen atoms in total. The van der Waals surface area contributed by atoms with Crippen molar-refractivity contribution >= 4 is 43.6 Å². The SMILES string of the molecule is Fc1cccc(F)c1-c1cc(-n2c3ccc(-c4cccc(-c5ccccc5)n4)cc3c3cc(-c4cccc(-c5ccccc5)n4)ccc32)c(C(F)(F)F)c(-n2c3ccc(-c4cccc(-c5ccccc5)n4)cc3c3cc(-c4cccc(-c5ccccc5)n4)ccc32)c1. The van der Waals surface area contributed by atoms with E-state index >= 15 is 22.0 Å².